The van der Waals surface area contributed by atoms with Gasteiger partial charge in [0.2, 0.25) is 17.7 Å². The molecule has 3 heterocycles. The lowest BCUT2D eigenvalue weighted by atomic mass is 10.2. The Kier molecular flexibility index (Phi) is 4.75. The third kappa shape index (κ3) is 3.66. The van der Waals surface area contributed by atoms with E-state index in [1.807, 2.05) is 12.1 Å². The van der Waals surface area contributed by atoms with Crippen molar-refractivity contribution in [2.24, 2.45) is 0 Å². The first-order chi connectivity index (χ1) is 10.6. The van der Waals surface area contributed by atoms with Gasteiger partial charge in [-0.25, -0.2) is 0 Å². The van der Waals surface area contributed by atoms with Gasteiger partial charge in [0, 0.05) is 24.8 Å². The Balaban J connectivity index is 1.55. The van der Waals surface area contributed by atoms with Crippen LogP contribution in [0.15, 0.2) is 16.5 Å². The van der Waals surface area contributed by atoms with Crippen LogP contribution in [0.25, 0.3) is 0 Å². The lowest BCUT2D eigenvalue weighted by Gasteiger charge is -2.31. The molecule has 1 aliphatic heterocycles. The van der Waals surface area contributed by atoms with Crippen molar-refractivity contribution in [2.75, 3.05) is 19.7 Å². The van der Waals surface area contributed by atoms with Gasteiger partial charge in [0.1, 0.15) is 0 Å². The molecule has 6 nitrogen and oxygen atoms in total. The summed E-state index contributed by atoms with van der Waals surface area (Å²) in [5.74, 6) is 1.03. The zero-order chi connectivity index (χ0) is 15.5. The minimum Gasteiger partial charge on any atom is -0.423 e. The molecule has 0 aromatic carbocycles. The van der Waals surface area contributed by atoms with Gasteiger partial charge < -0.3 is 14.1 Å². The van der Waals surface area contributed by atoms with Gasteiger partial charge in [-0.2, -0.15) is 0 Å². The molecule has 118 valence electrons. The first-order valence-corrected chi connectivity index (χ1v) is 8.25. The number of aryl methyl sites for hydroxylation is 2. The Morgan fingerprint density at radius 3 is 3.05 bits per heavy atom. The molecule has 2 aromatic heterocycles. The van der Waals surface area contributed by atoms with Crippen molar-refractivity contribution in [3.05, 3.63) is 33.1 Å². The highest BCUT2D eigenvalue weighted by Gasteiger charge is 2.28. The standard InChI is InChI=1S/C14H16ClN3O3S/c1-9-16-17-14(21-9)11-8-18(6-7-20-11)13(19)5-3-10-2-4-12(15)22-10/h2,4,11H,3,5-8H2,1H3/t11-/m0/s1. The molecule has 8 heteroatoms. The van der Waals surface area contributed by atoms with E-state index in [4.69, 9.17) is 20.8 Å². The minimum absolute atomic E-state index is 0.106. The van der Waals surface area contributed by atoms with E-state index in [9.17, 15) is 4.79 Å². The fraction of sp³-hybridized carbons (Fsp3) is 0.500. The number of thiophene rings is 1. The van der Waals surface area contributed by atoms with Crippen LogP contribution in [0.1, 0.15) is 29.2 Å². The summed E-state index contributed by atoms with van der Waals surface area (Å²) in [6, 6.07) is 3.82. The van der Waals surface area contributed by atoms with Crippen molar-refractivity contribution in [1.29, 1.82) is 0 Å². The van der Waals surface area contributed by atoms with Gasteiger partial charge in [-0.1, -0.05) is 11.6 Å². The zero-order valence-electron chi connectivity index (χ0n) is 12.1. The van der Waals surface area contributed by atoms with Crippen molar-refractivity contribution in [3.8, 4) is 0 Å². The molecule has 1 saturated heterocycles. The molecule has 0 bridgehead atoms. The van der Waals surface area contributed by atoms with Crippen LogP contribution in [0.5, 0.6) is 0 Å². The summed E-state index contributed by atoms with van der Waals surface area (Å²) < 4.78 is 11.8. The topological polar surface area (TPSA) is 68.5 Å². The molecule has 1 atom stereocenters. The normalized spacial score (nSPS) is 18.6. The average Bonchev–Trinajstić information content (AvgIpc) is 3.13. The number of ether oxygens (including phenoxy) is 1. The van der Waals surface area contributed by atoms with Crippen molar-refractivity contribution in [1.82, 2.24) is 15.1 Å². The molecule has 1 amide bonds. The highest BCUT2D eigenvalue weighted by atomic mass is 35.5. The molecule has 0 unspecified atom stereocenters. The number of carbonyl (C=O) groups excluding carboxylic acids is 1. The molecule has 0 aliphatic carbocycles. The molecule has 22 heavy (non-hydrogen) atoms. The zero-order valence-corrected chi connectivity index (χ0v) is 13.7. The van der Waals surface area contributed by atoms with Gasteiger partial charge in [-0.15, -0.1) is 21.5 Å². The van der Waals surface area contributed by atoms with Crippen LogP contribution in [0.2, 0.25) is 4.34 Å². The summed E-state index contributed by atoms with van der Waals surface area (Å²) in [7, 11) is 0. The highest BCUT2D eigenvalue weighted by Crippen LogP contribution is 2.24. The molecule has 0 saturated carbocycles. The molecule has 1 fully saturated rings. The molecule has 3 rings (SSSR count). The number of halogens is 1. The number of amides is 1. The molecular formula is C14H16ClN3O3S. The van der Waals surface area contributed by atoms with Crippen LogP contribution in [0.3, 0.4) is 0 Å². The van der Waals surface area contributed by atoms with Crippen molar-refractivity contribution < 1.29 is 13.9 Å². The summed E-state index contributed by atoms with van der Waals surface area (Å²) in [6.07, 6.45) is 0.833. The number of carbonyl (C=O) groups is 1. The maximum absolute atomic E-state index is 12.3. The number of nitrogens with zero attached hydrogens (tertiary/aromatic N) is 3. The van der Waals surface area contributed by atoms with Gasteiger partial charge >= 0.3 is 0 Å². The van der Waals surface area contributed by atoms with Gasteiger partial charge in [-0.05, 0) is 18.6 Å². The molecule has 0 N–H and O–H groups in total. The second kappa shape index (κ2) is 6.76. The molecule has 0 spiro atoms. The Morgan fingerprint density at radius 1 is 1.50 bits per heavy atom. The van der Waals surface area contributed by atoms with Crippen molar-refractivity contribution in [2.45, 2.75) is 25.9 Å². The lowest BCUT2D eigenvalue weighted by Crippen LogP contribution is -2.42. The first kappa shape index (κ1) is 15.5. The van der Waals surface area contributed by atoms with Crippen LogP contribution < -0.4 is 0 Å². The van der Waals surface area contributed by atoms with Crippen LogP contribution >= 0.6 is 22.9 Å². The summed E-state index contributed by atoms with van der Waals surface area (Å²) in [5.41, 5.74) is 0. The number of rotatable bonds is 4. The summed E-state index contributed by atoms with van der Waals surface area (Å²) in [4.78, 5) is 15.3. The monoisotopic (exact) mass is 341 g/mol. The number of aromatic nitrogens is 2. The maximum atomic E-state index is 12.3. The Morgan fingerprint density at radius 2 is 2.36 bits per heavy atom. The fourth-order valence-corrected chi connectivity index (χ4v) is 3.43. The lowest BCUT2D eigenvalue weighted by molar-refractivity contribution is -0.139. The number of hydrogen-bond donors (Lipinski definition) is 0. The quantitative estimate of drug-likeness (QED) is 0.855. The number of morpholine rings is 1. The second-order valence-electron chi connectivity index (χ2n) is 5.06. The van der Waals surface area contributed by atoms with E-state index in [1.165, 1.54) is 11.3 Å². The van der Waals surface area contributed by atoms with E-state index in [-0.39, 0.29) is 12.0 Å². The second-order valence-corrected chi connectivity index (χ2v) is 6.86. The Labute approximate surface area is 137 Å². The van der Waals surface area contributed by atoms with Crippen LogP contribution in [-0.2, 0) is 16.0 Å². The third-order valence-corrected chi connectivity index (χ3v) is 4.74. The van der Waals surface area contributed by atoms with Crippen LogP contribution in [0.4, 0.5) is 0 Å². The maximum Gasteiger partial charge on any atom is 0.246 e. The van der Waals surface area contributed by atoms with Gasteiger partial charge in [0.25, 0.3) is 0 Å². The van der Waals surface area contributed by atoms with Gasteiger partial charge in [-0.3, -0.25) is 4.79 Å². The summed E-state index contributed by atoms with van der Waals surface area (Å²) >= 11 is 7.41. The predicted octanol–water partition coefficient (Wildman–Crippen LogP) is 2.63. The number of hydrogen-bond acceptors (Lipinski definition) is 6. The minimum atomic E-state index is -0.338. The largest absolute Gasteiger partial charge is 0.423 e. The van der Waals surface area contributed by atoms with E-state index < -0.39 is 0 Å². The predicted molar refractivity (Wildman–Crippen MR) is 82.0 cm³/mol. The van der Waals surface area contributed by atoms with Gasteiger partial charge in [0.15, 0.2) is 6.10 Å². The Bertz CT molecular complexity index is 657. The fourth-order valence-electron chi connectivity index (χ4n) is 2.34. The SMILES string of the molecule is Cc1nnc([C@@H]2CN(C(=O)CCc3ccc(Cl)s3)CCO2)o1. The van der Waals surface area contributed by atoms with Crippen LogP contribution in [-0.4, -0.2) is 40.7 Å². The van der Waals surface area contributed by atoms with Crippen molar-refractivity contribution >= 4 is 28.8 Å². The van der Waals surface area contributed by atoms with Gasteiger partial charge in [0.05, 0.1) is 17.5 Å². The third-order valence-electron chi connectivity index (χ3n) is 3.45. The first-order valence-electron chi connectivity index (χ1n) is 7.05. The molecular weight excluding hydrogens is 326 g/mol. The average molecular weight is 342 g/mol. The van der Waals surface area contributed by atoms with E-state index >= 15 is 0 Å². The molecule has 1 aliphatic rings. The Hall–Kier alpha value is -1.44. The summed E-state index contributed by atoms with van der Waals surface area (Å²) in [5, 5.41) is 7.77. The highest BCUT2D eigenvalue weighted by molar-refractivity contribution is 7.16. The van der Waals surface area contributed by atoms with Crippen molar-refractivity contribution in [3.63, 3.8) is 0 Å². The van der Waals surface area contributed by atoms with E-state index in [0.717, 1.165) is 9.21 Å². The van der Waals surface area contributed by atoms with E-state index in [2.05, 4.69) is 10.2 Å². The van der Waals surface area contributed by atoms with E-state index in [0.29, 0.717) is 44.3 Å². The van der Waals surface area contributed by atoms with E-state index in [1.54, 1.807) is 11.8 Å². The summed E-state index contributed by atoms with van der Waals surface area (Å²) in [6.45, 7) is 3.25. The molecule has 2 aromatic rings. The smallest absolute Gasteiger partial charge is 0.246 e. The van der Waals surface area contributed by atoms with Crippen LogP contribution in [0, 0.1) is 6.92 Å². The molecule has 0 radical (unpaired) electrons.